The van der Waals surface area contributed by atoms with Crippen LogP contribution in [0.25, 0.3) is 22.2 Å². The summed E-state index contributed by atoms with van der Waals surface area (Å²) in [7, 11) is 0. The number of hydrogen-bond donors (Lipinski definition) is 0. The molecule has 7 heteroatoms. The molecule has 166 valence electrons. The van der Waals surface area contributed by atoms with Crippen LogP contribution >= 0.6 is 0 Å². The average molecular weight is 424 g/mol. The van der Waals surface area contributed by atoms with E-state index >= 15 is 0 Å². The molecule has 31 heavy (non-hydrogen) atoms. The Morgan fingerprint density at radius 2 is 2.00 bits per heavy atom. The standard InChI is InChI=1S/C24H33N5O2/c1-5-21(17-9-7-6-8-10-17)29-15-18(13-26-29)20-14-25-27-22-19(20)11-12-28(22)16-31-23(30)24(2,3)4/h11-15,17,21H,5-10,16H2,1-4H3. The summed E-state index contributed by atoms with van der Waals surface area (Å²) in [5.74, 6) is 0.466. The molecule has 0 aromatic carbocycles. The number of esters is 1. The second kappa shape index (κ2) is 8.81. The van der Waals surface area contributed by atoms with Crippen molar-refractivity contribution in [3.63, 3.8) is 0 Å². The number of fused-ring (bicyclic) bond motifs is 1. The summed E-state index contributed by atoms with van der Waals surface area (Å²) in [6.07, 6.45) is 15.5. The van der Waals surface area contributed by atoms with E-state index in [1.165, 1.54) is 32.1 Å². The summed E-state index contributed by atoms with van der Waals surface area (Å²) in [5.41, 5.74) is 2.20. The van der Waals surface area contributed by atoms with Gasteiger partial charge in [0, 0.05) is 28.9 Å². The van der Waals surface area contributed by atoms with Crippen LogP contribution in [0.1, 0.15) is 72.3 Å². The molecule has 3 aromatic rings. The zero-order valence-electron chi connectivity index (χ0n) is 19.0. The van der Waals surface area contributed by atoms with Crippen LogP contribution in [0.15, 0.2) is 30.9 Å². The Balaban J connectivity index is 1.58. The fourth-order valence-corrected chi connectivity index (χ4v) is 4.59. The van der Waals surface area contributed by atoms with E-state index in [0.717, 1.165) is 22.9 Å². The SMILES string of the molecule is CCC(C1CCCCC1)n1cc(-c2cnnc3c2ccn3COC(=O)C(C)(C)C)cn1. The fraction of sp³-hybridized carbons (Fsp3) is 0.583. The molecule has 3 heterocycles. The van der Waals surface area contributed by atoms with Crippen molar-refractivity contribution in [2.75, 3.05) is 0 Å². The van der Waals surface area contributed by atoms with Crippen LogP contribution in [-0.2, 0) is 16.3 Å². The van der Waals surface area contributed by atoms with Gasteiger partial charge < -0.3 is 4.74 Å². The normalized spacial score (nSPS) is 16.5. The van der Waals surface area contributed by atoms with Gasteiger partial charge in [0.05, 0.1) is 23.9 Å². The maximum atomic E-state index is 12.1. The molecule has 0 radical (unpaired) electrons. The Bertz CT molecular complexity index is 1040. The molecule has 0 saturated heterocycles. The highest BCUT2D eigenvalue weighted by atomic mass is 16.5. The Hall–Kier alpha value is -2.70. The maximum absolute atomic E-state index is 12.1. The monoisotopic (exact) mass is 423 g/mol. The molecule has 0 amide bonds. The number of rotatable bonds is 6. The Kier molecular flexibility index (Phi) is 6.12. The first-order valence-corrected chi connectivity index (χ1v) is 11.4. The first-order chi connectivity index (χ1) is 14.9. The zero-order chi connectivity index (χ0) is 22.0. The minimum Gasteiger partial charge on any atom is -0.443 e. The summed E-state index contributed by atoms with van der Waals surface area (Å²) in [6, 6.07) is 2.45. The van der Waals surface area contributed by atoms with E-state index in [-0.39, 0.29) is 12.7 Å². The second-order valence-corrected chi connectivity index (χ2v) is 9.67. The zero-order valence-corrected chi connectivity index (χ0v) is 19.0. The topological polar surface area (TPSA) is 74.8 Å². The lowest BCUT2D eigenvalue weighted by molar-refractivity contribution is -0.156. The minimum absolute atomic E-state index is 0.122. The van der Waals surface area contributed by atoms with Crippen molar-refractivity contribution in [3.05, 3.63) is 30.9 Å². The molecule has 0 aliphatic heterocycles. The van der Waals surface area contributed by atoms with Gasteiger partial charge in [0.25, 0.3) is 0 Å². The number of ether oxygens (including phenoxy) is 1. The fourth-order valence-electron chi connectivity index (χ4n) is 4.59. The summed E-state index contributed by atoms with van der Waals surface area (Å²) in [6.45, 7) is 7.91. The van der Waals surface area contributed by atoms with E-state index < -0.39 is 5.41 Å². The molecular weight excluding hydrogens is 390 g/mol. The molecule has 1 unspecified atom stereocenters. The molecule has 3 aromatic heterocycles. The highest BCUT2D eigenvalue weighted by Crippen LogP contribution is 2.36. The lowest BCUT2D eigenvalue weighted by Gasteiger charge is -2.29. The quantitative estimate of drug-likeness (QED) is 0.498. The molecule has 1 atom stereocenters. The van der Waals surface area contributed by atoms with Crippen LogP contribution in [0.2, 0.25) is 0 Å². The molecule has 1 fully saturated rings. The minimum atomic E-state index is -0.539. The van der Waals surface area contributed by atoms with Crippen molar-refractivity contribution >= 4 is 17.0 Å². The summed E-state index contributed by atoms with van der Waals surface area (Å²) < 4.78 is 9.43. The number of aromatic nitrogens is 5. The van der Waals surface area contributed by atoms with Gasteiger partial charge in [-0.2, -0.15) is 10.2 Å². The van der Waals surface area contributed by atoms with Gasteiger partial charge >= 0.3 is 5.97 Å². The summed E-state index contributed by atoms with van der Waals surface area (Å²) in [4.78, 5) is 12.1. The predicted molar refractivity (Wildman–Crippen MR) is 120 cm³/mol. The predicted octanol–water partition coefficient (Wildman–Crippen LogP) is 5.37. The van der Waals surface area contributed by atoms with Crippen molar-refractivity contribution in [1.82, 2.24) is 24.5 Å². The number of nitrogens with zero attached hydrogens (tertiary/aromatic N) is 5. The first-order valence-electron chi connectivity index (χ1n) is 11.4. The largest absolute Gasteiger partial charge is 0.443 e. The van der Waals surface area contributed by atoms with Crippen LogP contribution < -0.4 is 0 Å². The smallest absolute Gasteiger partial charge is 0.312 e. The van der Waals surface area contributed by atoms with Gasteiger partial charge in [-0.05, 0) is 52.0 Å². The van der Waals surface area contributed by atoms with Crippen molar-refractivity contribution in [1.29, 1.82) is 0 Å². The lowest BCUT2D eigenvalue weighted by Crippen LogP contribution is -2.23. The molecular formula is C24H33N5O2. The molecule has 1 saturated carbocycles. The molecule has 1 aliphatic rings. The summed E-state index contributed by atoms with van der Waals surface area (Å²) in [5, 5.41) is 14.2. The Morgan fingerprint density at radius 3 is 2.71 bits per heavy atom. The summed E-state index contributed by atoms with van der Waals surface area (Å²) >= 11 is 0. The number of carbonyl (C=O) groups is 1. The highest BCUT2D eigenvalue weighted by Gasteiger charge is 2.25. The van der Waals surface area contributed by atoms with Crippen LogP contribution in [-0.4, -0.2) is 30.5 Å². The molecule has 0 spiro atoms. The van der Waals surface area contributed by atoms with Crippen LogP contribution in [0.4, 0.5) is 0 Å². The third kappa shape index (κ3) is 4.50. The lowest BCUT2D eigenvalue weighted by atomic mass is 9.83. The number of carbonyl (C=O) groups excluding carboxylic acids is 1. The Labute approximate surface area is 183 Å². The van der Waals surface area contributed by atoms with Crippen LogP contribution in [0, 0.1) is 11.3 Å². The van der Waals surface area contributed by atoms with Gasteiger partial charge in [-0.15, -0.1) is 5.10 Å². The van der Waals surface area contributed by atoms with E-state index in [0.29, 0.717) is 17.6 Å². The van der Waals surface area contributed by atoms with Crippen LogP contribution in [0.5, 0.6) is 0 Å². The van der Waals surface area contributed by atoms with Crippen molar-refractivity contribution in [2.45, 2.75) is 79.0 Å². The van der Waals surface area contributed by atoms with Crippen molar-refractivity contribution in [2.24, 2.45) is 11.3 Å². The van der Waals surface area contributed by atoms with E-state index in [9.17, 15) is 4.79 Å². The van der Waals surface area contributed by atoms with E-state index in [1.807, 2.05) is 43.8 Å². The van der Waals surface area contributed by atoms with Gasteiger partial charge in [-0.1, -0.05) is 26.2 Å². The molecule has 0 N–H and O–H groups in total. The molecule has 0 bridgehead atoms. The number of hydrogen-bond acceptors (Lipinski definition) is 5. The van der Waals surface area contributed by atoms with E-state index in [2.05, 4.69) is 28.0 Å². The third-order valence-corrected chi connectivity index (χ3v) is 6.38. The average Bonchev–Trinajstić information content (AvgIpc) is 3.40. The van der Waals surface area contributed by atoms with Crippen molar-refractivity contribution < 1.29 is 9.53 Å². The van der Waals surface area contributed by atoms with Gasteiger partial charge in [-0.25, -0.2) is 0 Å². The van der Waals surface area contributed by atoms with Gasteiger partial charge in [0.2, 0.25) is 0 Å². The van der Waals surface area contributed by atoms with Crippen molar-refractivity contribution in [3.8, 4) is 11.1 Å². The van der Waals surface area contributed by atoms with E-state index in [1.54, 1.807) is 6.20 Å². The highest BCUT2D eigenvalue weighted by molar-refractivity contribution is 5.92. The molecule has 4 rings (SSSR count). The van der Waals surface area contributed by atoms with Gasteiger partial charge in [-0.3, -0.25) is 14.0 Å². The maximum Gasteiger partial charge on any atom is 0.312 e. The second-order valence-electron chi connectivity index (χ2n) is 9.67. The third-order valence-electron chi connectivity index (χ3n) is 6.38. The Morgan fingerprint density at radius 1 is 1.23 bits per heavy atom. The van der Waals surface area contributed by atoms with Gasteiger partial charge in [0.15, 0.2) is 12.4 Å². The van der Waals surface area contributed by atoms with E-state index in [4.69, 9.17) is 9.84 Å². The van der Waals surface area contributed by atoms with Gasteiger partial charge in [0.1, 0.15) is 0 Å². The molecule has 7 nitrogen and oxygen atoms in total. The van der Waals surface area contributed by atoms with Crippen LogP contribution in [0.3, 0.4) is 0 Å². The first kappa shape index (κ1) is 21.5. The molecule has 1 aliphatic carbocycles.